The molecule has 0 saturated carbocycles. The van der Waals surface area contributed by atoms with Gasteiger partial charge >= 0.3 is 0 Å². The lowest BCUT2D eigenvalue weighted by Gasteiger charge is -2.27. The Labute approximate surface area is 823 Å². The molecule has 0 radical (unpaired) electrons. The maximum atomic E-state index is 2.25. The van der Waals surface area contributed by atoms with Crippen LogP contribution in [0.15, 0.2) is 586 Å². The molecule has 0 spiro atoms. The zero-order valence-corrected chi connectivity index (χ0v) is 78.5. The van der Waals surface area contributed by atoms with Gasteiger partial charge in [0, 0.05) is 5.92 Å². The molecule has 0 bridgehead atoms. The van der Waals surface area contributed by atoms with Gasteiger partial charge < -0.3 is 0 Å². The molecule has 666 valence electrons. The van der Waals surface area contributed by atoms with Gasteiger partial charge in [-0.05, 0) is 247 Å². The number of hydrogen-bond donors (Lipinski definition) is 0. The minimum Gasteiger partial charge on any atom is -0.0795 e. The molecule has 0 unspecified atom stereocenters. The first-order valence-electron chi connectivity index (χ1n) is 49.0. The molecule has 0 heterocycles. The van der Waals surface area contributed by atoms with E-state index in [1.54, 1.807) is 0 Å². The van der Waals surface area contributed by atoms with E-state index in [9.17, 15) is 0 Å². The Kier molecular flexibility index (Phi) is 26.1. The van der Waals surface area contributed by atoms with Crippen LogP contribution in [-0.4, -0.2) is 0 Å². The van der Waals surface area contributed by atoms with E-state index in [1.165, 1.54) is 222 Å². The quantitative estimate of drug-likeness (QED) is 0.105. The van der Waals surface area contributed by atoms with Crippen LogP contribution in [0.5, 0.6) is 0 Å². The first-order valence-corrected chi connectivity index (χ1v) is 49.0. The van der Waals surface area contributed by atoms with Crippen LogP contribution in [0, 0.1) is 5.92 Å². The van der Waals surface area contributed by atoms with E-state index in [0.29, 0.717) is 5.92 Å². The molecule has 0 aromatic heterocycles. The van der Waals surface area contributed by atoms with E-state index in [0.717, 1.165) is 12.8 Å². The van der Waals surface area contributed by atoms with Gasteiger partial charge in [0.2, 0.25) is 0 Å². The molecular formula is C141H102. The van der Waals surface area contributed by atoms with Crippen LogP contribution < -0.4 is 10.4 Å². The second kappa shape index (κ2) is 41.7. The lowest BCUT2D eigenvalue weighted by molar-refractivity contribution is 0.878. The number of fused-ring (bicyclic) bond motifs is 20. The molecule has 8 aliphatic carbocycles. The Balaban J connectivity index is 0.0000000898. The molecule has 8 aliphatic rings. The van der Waals surface area contributed by atoms with Gasteiger partial charge in [-0.15, -0.1) is 0 Å². The third kappa shape index (κ3) is 19.4. The van der Waals surface area contributed by atoms with Gasteiger partial charge in [-0.1, -0.05) is 577 Å². The molecule has 0 heteroatoms. The normalized spacial score (nSPS) is 13.3. The van der Waals surface area contributed by atoms with Crippen molar-refractivity contribution in [1.29, 1.82) is 0 Å². The predicted octanol–water partition coefficient (Wildman–Crippen LogP) is 37.0. The topological polar surface area (TPSA) is 0 Å². The van der Waals surface area contributed by atoms with E-state index in [2.05, 4.69) is 589 Å². The van der Waals surface area contributed by atoms with Gasteiger partial charge in [0.15, 0.2) is 0 Å². The minimum absolute atomic E-state index is 0.514. The zero-order valence-electron chi connectivity index (χ0n) is 78.5. The van der Waals surface area contributed by atoms with Crippen LogP contribution in [-0.2, 0) is 6.42 Å². The lowest BCUT2D eigenvalue weighted by atomic mass is 9.76. The van der Waals surface area contributed by atoms with Crippen molar-refractivity contribution in [1.82, 2.24) is 0 Å². The van der Waals surface area contributed by atoms with E-state index in [-0.39, 0.29) is 0 Å². The highest BCUT2D eigenvalue weighted by Crippen LogP contribution is 2.41. The van der Waals surface area contributed by atoms with Gasteiger partial charge in [0.25, 0.3) is 0 Å². The molecule has 0 nitrogen and oxygen atoms in total. The molecule has 0 aliphatic heterocycles. The molecule has 32 rings (SSSR count). The Bertz CT molecular complexity index is 8590. The largest absolute Gasteiger partial charge is 0.0795 e. The molecule has 0 N–H and O–H groups in total. The average Bonchev–Trinajstić information content (AvgIpc) is 1.29. The van der Waals surface area contributed by atoms with Crippen LogP contribution in [0.2, 0.25) is 0 Å². The fourth-order valence-corrected chi connectivity index (χ4v) is 20.7. The van der Waals surface area contributed by atoms with Crippen molar-refractivity contribution in [2.45, 2.75) is 12.8 Å². The van der Waals surface area contributed by atoms with Crippen molar-refractivity contribution < 1.29 is 0 Å². The maximum Gasteiger partial charge on any atom is 0.0339 e. The number of benzene rings is 24. The van der Waals surface area contributed by atoms with E-state index < -0.39 is 0 Å². The summed E-state index contributed by atoms with van der Waals surface area (Å²) in [5.41, 5.74) is 12.5. The van der Waals surface area contributed by atoms with Crippen molar-refractivity contribution in [2.24, 2.45) is 5.92 Å². The number of hydrogen-bond acceptors (Lipinski definition) is 0. The molecule has 0 saturated heterocycles. The summed E-state index contributed by atoms with van der Waals surface area (Å²) in [5.74, 6) is 0.514. The highest BCUT2D eigenvalue weighted by atomic mass is 14.3. The van der Waals surface area contributed by atoms with Crippen LogP contribution in [0.4, 0.5) is 0 Å². The Hall–Kier alpha value is -17.9. The fourth-order valence-electron chi connectivity index (χ4n) is 20.7. The van der Waals surface area contributed by atoms with Crippen molar-refractivity contribution in [3.05, 3.63) is 619 Å². The molecule has 141 heavy (non-hydrogen) atoms. The molecular weight excluding hydrogens is 1690 g/mol. The maximum absolute atomic E-state index is 2.25. The zero-order chi connectivity index (χ0) is 94.3. The fraction of sp³-hybridized carbons (Fsp3) is 0.0213. The summed E-state index contributed by atoms with van der Waals surface area (Å²) in [4.78, 5) is 0. The van der Waals surface area contributed by atoms with Crippen LogP contribution in [0.3, 0.4) is 0 Å². The molecule has 0 fully saturated rings. The smallest absolute Gasteiger partial charge is 0.0339 e. The summed E-state index contributed by atoms with van der Waals surface area (Å²) < 4.78 is 0. The third-order valence-electron chi connectivity index (χ3n) is 27.6. The van der Waals surface area contributed by atoms with Gasteiger partial charge in [0.1, 0.15) is 0 Å². The van der Waals surface area contributed by atoms with Gasteiger partial charge in [-0.25, -0.2) is 0 Å². The van der Waals surface area contributed by atoms with Crippen LogP contribution in [0.25, 0.3) is 192 Å². The average molecular weight is 1800 g/mol. The van der Waals surface area contributed by atoms with Crippen molar-refractivity contribution in [3.63, 3.8) is 0 Å². The van der Waals surface area contributed by atoms with Crippen molar-refractivity contribution >= 4 is 192 Å². The lowest BCUT2D eigenvalue weighted by Crippen LogP contribution is -2.19. The molecule has 0 amide bonds. The van der Waals surface area contributed by atoms with E-state index in [4.69, 9.17) is 0 Å². The Morgan fingerprint density at radius 3 is 0.780 bits per heavy atom. The van der Waals surface area contributed by atoms with Crippen molar-refractivity contribution in [3.8, 4) is 0 Å². The monoisotopic (exact) mass is 1790 g/mol. The second-order valence-corrected chi connectivity index (χ2v) is 36.2. The summed E-state index contributed by atoms with van der Waals surface area (Å²) >= 11 is 0. The summed E-state index contributed by atoms with van der Waals surface area (Å²) in [6, 6.07) is 163. The summed E-state index contributed by atoms with van der Waals surface area (Å²) in [5, 5.41) is 42.8. The minimum atomic E-state index is 0.514. The molecule has 24 aromatic carbocycles. The molecule has 24 aromatic rings. The highest BCUT2D eigenvalue weighted by Gasteiger charge is 2.24. The standard InChI is InChI=1S/2C18H12.C16H10.2C14H10.C13H10.C12H8.C10H8.2C9H8.C8H6/c1-3-7-15-13(5-1)9-11-18-16-8-4-2-6-14(16)10-12-17(15)18;1-2-8-14-13(7-1)15-9-3-4-11-17(15)18-12-6-5-10-16(14)18;1-3-11-7-9-13-5-2-6-14-10-8-12(4-1)15(11)16(13)14;1-3-7-13-11(5-1)9-10-12-6-2-4-8-14(12)13;1-2-6-12-10-14-8-4-3-7-13(14)9-11(12)5-1;1-4-10-6-2-8-12-9-3-7-11(5-1)13(10)12;1-3-9-4-2-6-11-8-7-10(5-1)12(9)11;1-2-6-10-8-4-3-7-9(10)5-1;2*1-2-5-9-7-3-6-8(9)4-1;1-3-7-5-2-6-8(7)4-1/h2*1-12H;1-10H;2*1-10H;1-9,13H;1-8H;1-8H;1-2,4-7H,3H2;1-6H,7H2;1-6H. The summed E-state index contributed by atoms with van der Waals surface area (Å²) in [6.45, 7) is 0. The Morgan fingerprint density at radius 1 is 0.163 bits per heavy atom. The number of allylic oxidation sites excluding steroid dienone is 21. The van der Waals surface area contributed by atoms with Crippen LogP contribution >= 0.6 is 0 Å². The highest BCUT2D eigenvalue weighted by molar-refractivity contribution is 6.26. The summed E-state index contributed by atoms with van der Waals surface area (Å²) in [6.07, 6.45) is 47.7. The molecule has 0 atom stereocenters. The number of rotatable bonds is 0. The third-order valence-corrected chi connectivity index (χ3v) is 27.6. The summed E-state index contributed by atoms with van der Waals surface area (Å²) in [7, 11) is 0. The van der Waals surface area contributed by atoms with Crippen LogP contribution in [0.1, 0.15) is 28.7 Å². The predicted molar refractivity (Wildman–Crippen MR) is 616 cm³/mol. The SMILES string of the molecule is C1=CC2=CC=CC2=C1.C1=CC2=CC=CC3=CC=CC(=C1)C23.C1=Cc2cccc3cccc1c23.C1=Cc2ccccc2C1.C1=c2ccccc2=CC1.c1cc2ccc3cccc4ccc(c1)c2c34.c1ccc2c(c1)c1ccccc1c1ccccc21.c1ccc2c(c1)ccc1c3ccccc3ccc21.c1ccc2c(c1)ccc1ccccc12.c1ccc2cc3ccccc3cc2c1.c1ccc2ccccc2c1. The van der Waals surface area contributed by atoms with E-state index >= 15 is 0 Å². The Morgan fingerprint density at radius 2 is 0.418 bits per heavy atom. The van der Waals surface area contributed by atoms with Gasteiger partial charge in [-0.2, -0.15) is 0 Å². The van der Waals surface area contributed by atoms with E-state index in [1.807, 2.05) is 0 Å². The second-order valence-electron chi connectivity index (χ2n) is 36.2. The van der Waals surface area contributed by atoms with Gasteiger partial charge in [0.05, 0.1) is 0 Å². The first kappa shape index (κ1) is 88.3. The first-order chi connectivity index (χ1) is 70.0. The van der Waals surface area contributed by atoms with Crippen molar-refractivity contribution in [2.75, 3.05) is 0 Å². The van der Waals surface area contributed by atoms with Gasteiger partial charge in [-0.3, -0.25) is 0 Å².